The smallest absolute Gasteiger partial charge is 0.123 e. The van der Waals surface area contributed by atoms with Gasteiger partial charge in [-0.3, -0.25) is 0 Å². The number of rotatable bonds is 0. The fraction of sp³-hybridized carbons (Fsp3) is 0.529. The maximum absolute atomic E-state index is 10.5. The van der Waals surface area contributed by atoms with E-state index in [0.29, 0.717) is 5.75 Å². The van der Waals surface area contributed by atoms with Gasteiger partial charge in [-0.25, -0.2) is 0 Å². The van der Waals surface area contributed by atoms with E-state index in [9.17, 15) is 5.11 Å². The number of aromatic hydroxyl groups is 1. The molecule has 0 bridgehead atoms. The molecule has 0 amide bonds. The van der Waals surface area contributed by atoms with Gasteiger partial charge in [-0.15, -0.1) is 0 Å². The number of phenols is 1. The summed E-state index contributed by atoms with van der Waals surface area (Å²) in [4.78, 5) is 0. The summed E-state index contributed by atoms with van der Waals surface area (Å²) < 4.78 is 0. The number of benzene rings is 1. The Labute approximate surface area is 116 Å². The average molecular weight is 260 g/mol. The summed E-state index contributed by atoms with van der Waals surface area (Å²) in [6, 6.07) is 3.82. The SMILES string of the molecule is CC(C)(C)c1cc(C#CCO)cc(C(C)(C)C)c1O. The number of hydrogen-bond acceptors (Lipinski definition) is 2. The van der Waals surface area contributed by atoms with Gasteiger partial charge in [0.2, 0.25) is 0 Å². The van der Waals surface area contributed by atoms with Crippen molar-refractivity contribution in [3.63, 3.8) is 0 Å². The molecule has 0 saturated carbocycles. The van der Waals surface area contributed by atoms with Gasteiger partial charge >= 0.3 is 0 Å². The zero-order chi connectivity index (χ0) is 14.8. The highest BCUT2D eigenvalue weighted by atomic mass is 16.3. The van der Waals surface area contributed by atoms with E-state index in [1.807, 2.05) is 12.1 Å². The van der Waals surface area contributed by atoms with Gasteiger partial charge in [0.15, 0.2) is 0 Å². The molecule has 2 heteroatoms. The Kier molecular flexibility index (Phi) is 4.32. The molecule has 0 atom stereocenters. The molecule has 0 heterocycles. The summed E-state index contributed by atoms with van der Waals surface area (Å²) in [7, 11) is 0. The van der Waals surface area contributed by atoms with Crippen LogP contribution in [0.5, 0.6) is 5.75 Å². The first-order valence-corrected chi connectivity index (χ1v) is 6.55. The van der Waals surface area contributed by atoms with Crippen LogP contribution in [0.15, 0.2) is 12.1 Å². The van der Waals surface area contributed by atoms with Gasteiger partial charge in [0.25, 0.3) is 0 Å². The molecule has 0 aliphatic carbocycles. The highest BCUT2D eigenvalue weighted by Gasteiger charge is 2.26. The molecule has 0 aliphatic rings. The Balaban J connectivity index is 3.57. The molecule has 1 aromatic rings. The Morgan fingerprint density at radius 1 is 0.947 bits per heavy atom. The second-order valence-electron chi connectivity index (χ2n) is 6.88. The predicted molar refractivity (Wildman–Crippen MR) is 79.5 cm³/mol. The van der Waals surface area contributed by atoms with E-state index in [1.165, 1.54) is 0 Å². The fourth-order valence-electron chi connectivity index (χ4n) is 1.99. The Hall–Kier alpha value is -1.46. The van der Waals surface area contributed by atoms with Crippen LogP contribution in [-0.4, -0.2) is 16.8 Å². The molecule has 0 unspecified atom stereocenters. The molecular formula is C17H24O2. The maximum Gasteiger partial charge on any atom is 0.123 e. The molecular weight excluding hydrogens is 236 g/mol. The first-order chi connectivity index (χ1) is 8.57. The van der Waals surface area contributed by atoms with E-state index in [0.717, 1.165) is 16.7 Å². The highest BCUT2D eigenvalue weighted by molar-refractivity contribution is 5.53. The van der Waals surface area contributed by atoms with E-state index in [4.69, 9.17) is 5.11 Å². The normalized spacial score (nSPS) is 11.9. The van der Waals surface area contributed by atoms with E-state index in [2.05, 4.69) is 53.4 Å². The van der Waals surface area contributed by atoms with Crippen LogP contribution in [0.4, 0.5) is 0 Å². The van der Waals surface area contributed by atoms with Gasteiger partial charge in [-0.05, 0) is 23.0 Å². The lowest BCUT2D eigenvalue weighted by molar-refractivity contribution is 0.350. The van der Waals surface area contributed by atoms with E-state index < -0.39 is 0 Å². The summed E-state index contributed by atoms with van der Waals surface area (Å²) in [6.45, 7) is 12.2. The van der Waals surface area contributed by atoms with Crippen LogP contribution in [0.3, 0.4) is 0 Å². The van der Waals surface area contributed by atoms with Gasteiger partial charge in [-0.1, -0.05) is 53.4 Å². The molecule has 0 aliphatic heterocycles. The van der Waals surface area contributed by atoms with Crippen molar-refractivity contribution in [2.75, 3.05) is 6.61 Å². The molecule has 1 rings (SSSR count). The Morgan fingerprint density at radius 2 is 1.37 bits per heavy atom. The molecule has 0 aromatic heterocycles. The fourth-order valence-corrected chi connectivity index (χ4v) is 1.99. The lowest BCUT2D eigenvalue weighted by Crippen LogP contribution is -2.17. The van der Waals surface area contributed by atoms with Crippen molar-refractivity contribution in [1.82, 2.24) is 0 Å². The van der Waals surface area contributed by atoms with Crippen molar-refractivity contribution in [2.24, 2.45) is 0 Å². The standard InChI is InChI=1S/C17H24O2/c1-16(2,3)13-10-12(8-7-9-18)11-14(15(13)19)17(4,5)6/h10-11,18-19H,9H2,1-6H3. The third-order valence-corrected chi connectivity index (χ3v) is 3.04. The van der Waals surface area contributed by atoms with Crippen molar-refractivity contribution >= 4 is 0 Å². The summed E-state index contributed by atoms with van der Waals surface area (Å²) in [5.41, 5.74) is 2.31. The van der Waals surface area contributed by atoms with Crippen LogP contribution in [0.1, 0.15) is 58.2 Å². The third-order valence-electron chi connectivity index (χ3n) is 3.04. The Bertz CT molecular complexity index is 482. The quantitative estimate of drug-likeness (QED) is 0.702. The third kappa shape index (κ3) is 3.75. The van der Waals surface area contributed by atoms with Gasteiger partial charge in [0, 0.05) is 16.7 Å². The van der Waals surface area contributed by atoms with Gasteiger partial charge < -0.3 is 10.2 Å². The number of phenolic OH excluding ortho intramolecular Hbond substituents is 1. The number of aliphatic hydroxyl groups is 1. The minimum absolute atomic E-state index is 0.152. The molecule has 1 aromatic carbocycles. The van der Waals surface area contributed by atoms with Crippen LogP contribution in [0.25, 0.3) is 0 Å². The molecule has 0 fully saturated rings. The van der Waals surface area contributed by atoms with Crippen LogP contribution in [0, 0.1) is 11.8 Å². The van der Waals surface area contributed by atoms with E-state index in [-0.39, 0.29) is 17.4 Å². The largest absolute Gasteiger partial charge is 0.507 e. The summed E-state index contributed by atoms with van der Waals surface area (Å²) in [5.74, 6) is 5.96. The lowest BCUT2D eigenvalue weighted by atomic mass is 9.78. The van der Waals surface area contributed by atoms with Crippen molar-refractivity contribution in [2.45, 2.75) is 52.4 Å². The zero-order valence-corrected chi connectivity index (χ0v) is 12.8. The molecule has 19 heavy (non-hydrogen) atoms. The summed E-state index contributed by atoms with van der Waals surface area (Å²) in [5, 5.41) is 19.3. The number of aliphatic hydroxyl groups excluding tert-OH is 1. The van der Waals surface area contributed by atoms with Crippen LogP contribution in [-0.2, 0) is 10.8 Å². The lowest BCUT2D eigenvalue weighted by Gasteiger charge is -2.27. The average Bonchev–Trinajstić information content (AvgIpc) is 2.24. The molecule has 2 nitrogen and oxygen atoms in total. The van der Waals surface area contributed by atoms with E-state index in [1.54, 1.807) is 0 Å². The monoisotopic (exact) mass is 260 g/mol. The molecule has 0 radical (unpaired) electrons. The first-order valence-electron chi connectivity index (χ1n) is 6.55. The highest BCUT2D eigenvalue weighted by Crippen LogP contribution is 2.39. The zero-order valence-electron chi connectivity index (χ0n) is 12.8. The van der Waals surface area contributed by atoms with Crippen molar-refractivity contribution in [3.8, 4) is 17.6 Å². The van der Waals surface area contributed by atoms with Crippen molar-refractivity contribution in [3.05, 3.63) is 28.8 Å². The van der Waals surface area contributed by atoms with Crippen LogP contribution < -0.4 is 0 Å². The molecule has 2 N–H and O–H groups in total. The van der Waals surface area contributed by atoms with Crippen molar-refractivity contribution in [1.29, 1.82) is 0 Å². The first kappa shape index (κ1) is 15.6. The van der Waals surface area contributed by atoms with Gasteiger partial charge in [-0.2, -0.15) is 0 Å². The number of hydrogen-bond donors (Lipinski definition) is 2. The van der Waals surface area contributed by atoms with Gasteiger partial charge in [0.05, 0.1) is 0 Å². The van der Waals surface area contributed by atoms with Crippen LogP contribution >= 0.6 is 0 Å². The minimum Gasteiger partial charge on any atom is -0.507 e. The van der Waals surface area contributed by atoms with E-state index >= 15 is 0 Å². The van der Waals surface area contributed by atoms with Gasteiger partial charge in [0.1, 0.15) is 12.4 Å². The van der Waals surface area contributed by atoms with Crippen molar-refractivity contribution < 1.29 is 10.2 Å². The summed E-state index contributed by atoms with van der Waals surface area (Å²) in [6.07, 6.45) is 0. The maximum atomic E-state index is 10.5. The minimum atomic E-state index is -0.156. The van der Waals surface area contributed by atoms with Crippen LogP contribution in [0.2, 0.25) is 0 Å². The Morgan fingerprint density at radius 3 is 1.68 bits per heavy atom. The topological polar surface area (TPSA) is 40.5 Å². The second kappa shape index (κ2) is 5.27. The molecule has 0 spiro atoms. The molecule has 0 saturated heterocycles. The summed E-state index contributed by atoms with van der Waals surface area (Å²) >= 11 is 0. The second-order valence-corrected chi connectivity index (χ2v) is 6.88. The molecule has 104 valence electrons. The predicted octanol–water partition coefficient (Wildman–Crippen LogP) is 3.33.